The number of nitrogens with two attached hydrogens (primary N) is 2. The molecule has 3 rings (SSSR count). The molecule has 3 fully saturated rings. The van der Waals surface area contributed by atoms with Crippen LogP contribution in [0.15, 0.2) is 0 Å². The van der Waals surface area contributed by atoms with Crippen molar-refractivity contribution in [3.05, 3.63) is 0 Å². The van der Waals surface area contributed by atoms with E-state index < -0.39 is 91.2 Å². The van der Waals surface area contributed by atoms with Gasteiger partial charge in [0, 0.05) is 18.1 Å². The van der Waals surface area contributed by atoms with Crippen LogP contribution in [0.5, 0.6) is 0 Å². The van der Waals surface area contributed by atoms with E-state index >= 15 is 0 Å². The van der Waals surface area contributed by atoms with Gasteiger partial charge < -0.3 is 71.7 Å². The second kappa shape index (κ2) is 11.4. The standard InChI is InChI=1S/C21H42N4O10/c1-7(24-3)15-11(27)10(26)12(28)20(33-15)35-17-9(23)5-8(22)16(13(17)29)34-19-14(30)18(25-4)21(2,31)6-32-19/h7-20,24-31H,5-6,22-23H2,1-4H3/t7?,8-,9?,10+,11+,12?,13-,14-,15?,16?,17-,18?,19-,20+,21+/m1/s1. The fourth-order valence-corrected chi connectivity index (χ4v) is 5.08. The Labute approximate surface area is 204 Å². The van der Waals surface area contributed by atoms with Gasteiger partial charge in [-0.3, -0.25) is 0 Å². The molecule has 0 bridgehead atoms. The van der Waals surface area contributed by atoms with E-state index in [4.69, 9.17) is 30.4 Å². The van der Waals surface area contributed by atoms with E-state index in [0.717, 1.165) is 0 Å². The molecule has 1 saturated carbocycles. The second-order valence-electron chi connectivity index (χ2n) is 10.1. The van der Waals surface area contributed by atoms with E-state index in [1.165, 1.54) is 6.92 Å². The van der Waals surface area contributed by atoms with Crippen molar-refractivity contribution in [2.75, 3.05) is 20.7 Å². The molecule has 0 radical (unpaired) electrons. The minimum atomic E-state index is -1.61. The van der Waals surface area contributed by atoms with Gasteiger partial charge >= 0.3 is 0 Å². The van der Waals surface area contributed by atoms with Gasteiger partial charge in [-0.1, -0.05) is 0 Å². The van der Waals surface area contributed by atoms with Crippen molar-refractivity contribution < 1.29 is 49.6 Å². The van der Waals surface area contributed by atoms with Crippen LogP contribution in [-0.4, -0.2) is 143 Å². The molecule has 0 spiro atoms. The molecule has 2 saturated heterocycles. The molecule has 12 N–H and O–H groups in total. The van der Waals surface area contributed by atoms with Crippen LogP contribution in [0.3, 0.4) is 0 Å². The average Bonchev–Trinajstić information content (AvgIpc) is 2.80. The molecule has 15 atom stereocenters. The van der Waals surface area contributed by atoms with Gasteiger partial charge in [-0.05, 0) is 34.4 Å². The molecule has 35 heavy (non-hydrogen) atoms. The van der Waals surface area contributed by atoms with Crippen LogP contribution in [0, 0.1) is 0 Å². The number of rotatable bonds is 7. The van der Waals surface area contributed by atoms with Crippen LogP contribution >= 0.6 is 0 Å². The highest BCUT2D eigenvalue weighted by atomic mass is 16.7. The molecule has 0 aromatic heterocycles. The van der Waals surface area contributed by atoms with Gasteiger partial charge in [0.15, 0.2) is 12.6 Å². The topological polar surface area (TPSA) is 234 Å². The quantitative estimate of drug-likeness (QED) is 0.154. The summed E-state index contributed by atoms with van der Waals surface area (Å²) in [5.74, 6) is 0. The molecule has 206 valence electrons. The molecule has 2 heterocycles. The van der Waals surface area contributed by atoms with Crippen molar-refractivity contribution in [3.63, 3.8) is 0 Å². The Bertz CT molecular complexity index is 692. The van der Waals surface area contributed by atoms with Crippen LogP contribution in [-0.2, 0) is 18.9 Å². The summed E-state index contributed by atoms with van der Waals surface area (Å²) in [6.45, 7) is 3.11. The van der Waals surface area contributed by atoms with Gasteiger partial charge in [-0.25, -0.2) is 0 Å². The van der Waals surface area contributed by atoms with Crippen LogP contribution in [0.4, 0.5) is 0 Å². The Balaban J connectivity index is 1.73. The minimum absolute atomic E-state index is 0.134. The molecule has 1 aliphatic carbocycles. The third-order valence-electron chi connectivity index (χ3n) is 7.34. The zero-order valence-electron chi connectivity index (χ0n) is 20.5. The maximum absolute atomic E-state index is 11.1. The summed E-state index contributed by atoms with van der Waals surface area (Å²) < 4.78 is 23.0. The number of hydrogen-bond acceptors (Lipinski definition) is 14. The maximum Gasteiger partial charge on any atom is 0.187 e. The summed E-state index contributed by atoms with van der Waals surface area (Å²) in [6.07, 6.45) is -12.8. The predicted molar refractivity (Wildman–Crippen MR) is 121 cm³/mol. The lowest BCUT2D eigenvalue weighted by atomic mass is 9.84. The number of likely N-dealkylation sites (N-methyl/N-ethyl adjacent to an activating group) is 2. The summed E-state index contributed by atoms with van der Waals surface area (Å²) in [6, 6.07) is -2.68. The fraction of sp³-hybridized carbons (Fsp3) is 1.00. The summed E-state index contributed by atoms with van der Waals surface area (Å²) in [5, 5.41) is 69.1. The van der Waals surface area contributed by atoms with Crippen LogP contribution < -0.4 is 22.1 Å². The lowest BCUT2D eigenvalue weighted by Crippen LogP contribution is -2.69. The molecule has 0 amide bonds. The number of aliphatic hydroxyl groups excluding tert-OH is 5. The van der Waals surface area contributed by atoms with E-state index in [-0.39, 0.29) is 13.0 Å². The van der Waals surface area contributed by atoms with E-state index in [9.17, 15) is 30.6 Å². The first-order chi connectivity index (χ1) is 16.3. The van der Waals surface area contributed by atoms with Crippen molar-refractivity contribution >= 4 is 0 Å². The first kappa shape index (κ1) is 29.0. The molecule has 2 aliphatic heterocycles. The van der Waals surface area contributed by atoms with Gasteiger partial charge in [0.1, 0.15) is 54.4 Å². The van der Waals surface area contributed by atoms with E-state index in [2.05, 4.69) is 10.6 Å². The smallest absolute Gasteiger partial charge is 0.187 e. The van der Waals surface area contributed by atoms with Crippen molar-refractivity contribution in [2.45, 2.75) is 111 Å². The Kier molecular flexibility index (Phi) is 9.49. The van der Waals surface area contributed by atoms with Gasteiger partial charge in [0.25, 0.3) is 0 Å². The van der Waals surface area contributed by atoms with Crippen molar-refractivity contribution in [1.82, 2.24) is 10.6 Å². The van der Waals surface area contributed by atoms with E-state index in [1.54, 1.807) is 21.0 Å². The molecule has 0 aromatic rings. The molecule has 6 unspecified atom stereocenters. The van der Waals surface area contributed by atoms with Gasteiger partial charge in [-0.2, -0.15) is 0 Å². The molecule has 3 aliphatic rings. The zero-order chi connectivity index (χ0) is 26.2. The Morgan fingerprint density at radius 1 is 0.886 bits per heavy atom. The first-order valence-corrected chi connectivity index (χ1v) is 11.9. The van der Waals surface area contributed by atoms with Gasteiger partial charge in [-0.15, -0.1) is 0 Å². The normalized spacial score (nSPS) is 52.3. The molecular formula is C21H42N4O10. The number of hydrogen-bond donors (Lipinski definition) is 10. The third-order valence-corrected chi connectivity index (χ3v) is 7.34. The lowest BCUT2D eigenvalue weighted by molar-refractivity contribution is -0.333. The monoisotopic (exact) mass is 510 g/mol. The van der Waals surface area contributed by atoms with Crippen LogP contribution in [0.2, 0.25) is 0 Å². The van der Waals surface area contributed by atoms with E-state index in [1.807, 2.05) is 0 Å². The Hall–Kier alpha value is -0.560. The molecule has 0 aromatic carbocycles. The maximum atomic E-state index is 11.1. The summed E-state index contributed by atoms with van der Waals surface area (Å²) in [7, 11) is 3.23. The highest BCUT2D eigenvalue weighted by Gasteiger charge is 2.52. The third kappa shape index (κ3) is 5.81. The lowest BCUT2D eigenvalue weighted by Gasteiger charge is -2.49. The van der Waals surface area contributed by atoms with Crippen molar-refractivity contribution in [3.8, 4) is 0 Å². The summed E-state index contributed by atoms with van der Waals surface area (Å²) in [4.78, 5) is 0. The number of nitrogens with one attached hydrogen (secondary N) is 2. The largest absolute Gasteiger partial charge is 0.388 e. The second-order valence-corrected chi connectivity index (χ2v) is 10.1. The van der Waals surface area contributed by atoms with Crippen LogP contribution in [0.1, 0.15) is 20.3 Å². The number of ether oxygens (including phenoxy) is 4. The summed E-state index contributed by atoms with van der Waals surface area (Å²) >= 11 is 0. The molecule has 14 heteroatoms. The zero-order valence-corrected chi connectivity index (χ0v) is 20.5. The first-order valence-electron chi connectivity index (χ1n) is 11.9. The SMILES string of the molecule is CNC(C)C1O[C@@H](O[C@@H]2C(N)C[C@@H](N)C(O[C@H]3OC[C@](C)(O)C(NC)[C@H]3O)[C@H]2O)C(O)[C@@H](O)[C@@H]1O. The Morgan fingerprint density at radius 3 is 2.00 bits per heavy atom. The predicted octanol–water partition coefficient (Wildman–Crippen LogP) is -5.35. The highest BCUT2D eigenvalue weighted by molar-refractivity contribution is 5.02. The number of aliphatic hydroxyl groups is 6. The minimum Gasteiger partial charge on any atom is -0.388 e. The molecule has 14 nitrogen and oxygen atoms in total. The van der Waals surface area contributed by atoms with Crippen LogP contribution in [0.25, 0.3) is 0 Å². The molecular weight excluding hydrogens is 468 g/mol. The van der Waals surface area contributed by atoms with Crippen molar-refractivity contribution in [1.29, 1.82) is 0 Å². The fourth-order valence-electron chi connectivity index (χ4n) is 5.08. The summed E-state index contributed by atoms with van der Waals surface area (Å²) in [5.41, 5.74) is 11.1. The van der Waals surface area contributed by atoms with Gasteiger partial charge in [0.2, 0.25) is 0 Å². The van der Waals surface area contributed by atoms with Crippen molar-refractivity contribution in [2.24, 2.45) is 11.5 Å². The van der Waals surface area contributed by atoms with E-state index in [0.29, 0.717) is 0 Å². The highest BCUT2D eigenvalue weighted by Crippen LogP contribution is 2.32. The average molecular weight is 511 g/mol. The van der Waals surface area contributed by atoms with Gasteiger partial charge in [0.05, 0.1) is 12.6 Å². The Morgan fingerprint density at radius 2 is 1.46 bits per heavy atom.